The molecule has 0 radical (unpaired) electrons. The highest BCUT2D eigenvalue weighted by molar-refractivity contribution is 9.10. The molecule has 4 aromatic rings. The number of hydrogen-bond donors (Lipinski definition) is 1. The second kappa shape index (κ2) is 8.43. The molecule has 2 heterocycles. The van der Waals surface area contributed by atoms with Gasteiger partial charge in [0.25, 0.3) is 0 Å². The summed E-state index contributed by atoms with van der Waals surface area (Å²) in [6.45, 7) is 0. The molecule has 31 heavy (non-hydrogen) atoms. The molecule has 0 bridgehead atoms. The number of halogens is 3. The van der Waals surface area contributed by atoms with Crippen molar-refractivity contribution in [2.45, 2.75) is 6.42 Å². The molecule has 0 aliphatic heterocycles. The summed E-state index contributed by atoms with van der Waals surface area (Å²) in [5.74, 6) is -1.34. The average molecular weight is 487 g/mol. The summed E-state index contributed by atoms with van der Waals surface area (Å²) in [5, 5.41) is 7.62. The maximum atomic E-state index is 14.6. The van der Waals surface area contributed by atoms with Crippen LogP contribution in [0.15, 0.2) is 53.1 Å². The number of carbonyl (C=O) groups excluding carboxylic acids is 1. The van der Waals surface area contributed by atoms with Crippen molar-refractivity contribution < 1.29 is 18.3 Å². The SMILES string of the molecule is CNC(=O)Cc1ccc(-c2nn(-c3c(F)cccc3F)c3c(Br)cnc(OC)c23)cc1. The number of nitrogens with one attached hydrogen (secondary N) is 1. The number of ether oxygens (including phenoxy) is 1. The summed E-state index contributed by atoms with van der Waals surface area (Å²) < 4.78 is 36.3. The van der Waals surface area contributed by atoms with Gasteiger partial charge in [0.15, 0.2) is 11.6 Å². The smallest absolute Gasteiger partial charge is 0.225 e. The Morgan fingerprint density at radius 1 is 1.16 bits per heavy atom. The molecular formula is C22H17BrF2N4O2. The van der Waals surface area contributed by atoms with Crippen LogP contribution in [-0.2, 0) is 11.2 Å². The van der Waals surface area contributed by atoms with Crippen LogP contribution < -0.4 is 10.1 Å². The van der Waals surface area contributed by atoms with Crippen molar-refractivity contribution >= 4 is 32.7 Å². The van der Waals surface area contributed by atoms with Gasteiger partial charge in [-0.1, -0.05) is 30.3 Å². The fraction of sp³-hybridized carbons (Fsp3) is 0.136. The van der Waals surface area contributed by atoms with Crippen LogP contribution in [-0.4, -0.2) is 34.8 Å². The van der Waals surface area contributed by atoms with E-state index in [1.807, 2.05) is 0 Å². The molecule has 9 heteroatoms. The minimum absolute atomic E-state index is 0.104. The van der Waals surface area contributed by atoms with Crippen LogP contribution in [0.3, 0.4) is 0 Å². The largest absolute Gasteiger partial charge is 0.480 e. The number of nitrogens with zero attached hydrogens (tertiary/aromatic N) is 3. The molecule has 6 nitrogen and oxygen atoms in total. The van der Waals surface area contributed by atoms with Crippen molar-refractivity contribution in [2.24, 2.45) is 0 Å². The van der Waals surface area contributed by atoms with E-state index in [2.05, 4.69) is 31.3 Å². The molecule has 0 saturated heterocycles. The fourth-order valence-electron chi connectivity index (χ4n) is 3.35. The van der Waals surface area contributed by atoms with Crippen LogP contribution in [0, 0.1) is 11.6 Å². The molecule has 1 N–H and O–H groups in total. The molecule has 0 saturated carbocycles. The predicted molar refractivity (Wildman–Crippen MR) is 116 cm³/mol. The first-order chi connectivity index (χ1) is 14.9. The number of hydrogen-bond acceptors (Lipinski definition) is 4. The van der Waals surface area contributed by atoms with Crippen molar-refractivity contribution in [3.05, 3.63) is 70.3 Å². The zero-order valence-electron chi connectivity index (χ0n) is 16.6. The first kappa shape index (κ1) is 20.9. The van der Waals surface area contributed by atoms with E-state index in [4.69, 9.17) is 4.74 Å². The number of para-hydroxylation sites is 1. The lowest BCUT2D eigenvalue weighted by atomic mass is 10.0. The molecular weight excluding hydrogens is 470 g/mol. The van der Waals surface area contributed by atoms with Crippen LogP contribution in [0.25, 0.3) is 27.8 Å². The Labute approximate surface area is 185 Å². The summed E-state index contributed by atoms with van der Waals surface area (Å²) in [4.78, 5) is 15.9. The third-order valence-corrected chi connectivity index (χ3v) is 5.41. The zero-order valence-corrected chi connectivity index (χ0v) is 18.2. The van der Waals surface area contributed by atoms with Gasteiger partial charge in [0, 0.05) is 18.8 Å². The van der Waals surface area contributed by atoms with Crippen molar-refractivity contribution in [3.63, 3.8) is 0 Å². The first-order valence-corrected chi connectivity index (χ1v) is 10.1. The van der Waals surface area contributed by atoms with Gasteiger partial charge >= 0.3 is 0 Å². The standard InChI is InChI=1S/C22H17BrF2N4O2/c1-26-17(30)10-12-6-8-13(9-7-12)19-18-20(14(23)11-27-22(18)31-2)29(28-19)21-15(24)4-3-5-16(21)25/h3-9,11H,10H2,1-2H3,(H,26,30). The predicted octanol–water partition coefficient (Wildman–Crippen LogP) is 4.43. The monoisotopic (exact) mass is 486 g/mol. The van der Waals surface area contributed by atoms with Crippen LogP contribution in [0.5, 0.6) is 5.88 Å². The maximum absolute atomic E-state index is 14.6. The summed E-state index contributed by atoms with van der Waals surface area (Å²) >= 11 is 3.42. The van der Waals surface area contributed by atoms with E-state index in [-0.39, 0.29) is 23.9 Å². The Morgan fingerprint density at radius 2 is 1.84 bits per heavy atom. The molecule has 4 rings (SSSR count). The maximum Gasteiger partial charge on any atom is 0.225 e. The molecule has 0 aliphatic rings. The number of fused-ring (bicyclic) bond motifs is 1. The molecule has 0 unspecified atom stereocenters. The van der Waals surface area contributed by atoms with Crippen LogP contribution in [0.1, 0.15) is 5.56 Å². The lowest BCUT2D eigenvalue weighted by molar-refractivity contribution is -0.119. The van der Waals surface area contributed by atoms with Gasteiger partial charge in [-0.3, -0.25) is 4.79 Å². The van der Waals surface area contributed by atoms with E-state index >= 15 is 0 Å². The highest BCUT2D eigenvalue weighted by Crippen LogP contribution is 2.39. The molecule has 158 valence electrons. The molecule has 0 fully saturated rings. The van der Waals surface area contributed by atoms with E-state index < -0.39 is 11.6 Å². The van der Waals surface area contributed by atoms with Gasteiger partial charge in [0.2, 0.25) is 11.8 Å². The average Bonchev–Trinajstić information content (AvgIpc) is 3.15. The molecule has 0 atom stereocenters. The summed E-state index contributed by atoms with van der Waals surface area (Å²) in [6, 6.07) is 10.8. The van der Waals surface area contributed by atoms with Gasteiger partial charge in [0.1, 0.15) is 11.4 Å². The number of benzene rings is 2. The highest BCUT2D eigenvalue weighted by Gasteiger charge is 2.24. The summed E-state index contributed by atoms with van der Waals surface area (Å²) in [6.07, 6.45) is 1.73. The minimum atomic E-state index is -0.750. The number of pyridine rings is 1. The van der Waals surface area contributed by atoms with Gasteiger partial charge in [-0.15, -0.1) is 0 Å². The lowest BCUT2D eigenvalue weighted by Crippen LogP contribution is -2.19. The van der Waals surface area contributed by atoms with Gasteiger partial charge in [-0.2, -0.15) is 5.10 Å². The summed E-state index contributed by atoms with van der Waals surface area (Å²) in [7, 11) is 3.04. The van der Waals surface area contributed by atoms with E-state index in [0.29, 0.717) is 26.6 Å². The van der Waals surface area contributed by atoms with Crippen LogP contribution in [0.4, 0.5) is 8.78 Å². The van der Waals surface area contributed by atoms with Crippen molar-refractivity contribution in [1.82, 2.24) is 20.1 Å². The molecule has 0 aliphatic carbocycles. The Hall–Kier alpha value is -3.33. The Kier molecular flexibility index (Phi) is 5.69. The Bertz CT molecular complexity index is 1270. The normalized spacial score (nSPS) is 11.0. The van der Waals surface area contributed by atoms with Crippen molar-refractivity contribution in [3.8, 4) is 22.8 Å². The van der Waals surface area contributed by atoms with Crippen LogP contribution >= 0.6 is 15.9 Å². The minimum Gasteiger partial charge on any atom is -0.480 e. The van der Waals surface area contributed by atoms with Gasteiger partial charge < -0.3 is 10.1 Å². The third-order valence-electron chi connectivity index (χ3n) is 4.83. The Balaban J connectivity index is 1.96. The number of amides is 1. The molecule has 0 spiro atoms. The number of likely N-dealkylation sites (N-methyl/N-ethyl adjacent to an activating group) is 1. The van der Waals surface area contributed by atoms with E-state index in [1.165, 1.54) is 36.2 Å². The molecule has 2 aromatic heterocycles. The van der Waals surface area contributed by atoms with Crippen molar-refractivity contribution in [1.29, 1.82) is 0 Å². The first-order valence-electron chi connectivity index (χ1n) is 9.30. The summed E-state index contributed by atoms with van der Waals surface area (Å²) in [5.41, 5.74) is 2.05. The zero-order chi connectivity index (χ0) is 22.1. The fourth-order valence-corrected chi connectivity index (χ4v) is 3.82. The highest BCUT2D eigenvalue weighted by atomic mass is 79.9. The number of methoxy groups -OCH3 is 1. The number of aromatic nitrogens is 3. The number of carbonyl (C=O) groups is 1. The third kappa shape index (κ3) is 3.76. The molecule has 1 amide bonds. The molecule has 2 aromatic carbocycles. The van der Waals surface area contributed by atoms with Crippen LogP contribution in [0.2, 0.25) is 0 Å². The van der Waals surface area contributed by atoms with E-state index in [1.54, 1.807) is 31.3 Å². The topological polar surface area (TPSA) is 69.0 Å². The van der Waals surface area contributed by atoms with Gasteiger partial charge in [0.05, 0.1) is 28.9 Å². The van der Waals surface area contributed by atoms with Gasteiger partial charge in [-0.05, 0) is 33.6 Å². The quantitative estimate of drug-likeness (QED) is 0.453. The van der Waals surface area contributed by atoms with E-state index in [0.717, 1.165) is 5.56 Å². The second-order valence-electron chi connectivity index (χ2n) is 6.72. The van der Waals surface area contributed by atoms with Gasteiger partial charge in [-0.25, -0.2) is 18.4 Å². The lowest BCUT2D eigenvalue weighted by Gasteiger charge is -2.08. The number of rotatable bonds is 5. The second-order valence-corrected chi connectivity index (χ2v) is 7.57. The van der Waals surface area contributed by atoms with Crippen molar-refractivity contribution in [2.75, 3.05) is 14.2 Å². The Morgan fingerprint density at radius 3 is 2.45 bits per heavy atom. The van der Waals surface area contributed by atoms with E-state index in [9.17, 15) is 13.6 Å².